The molecule has 5 nitrogen and oxygen atoms in total. The second kappa shape index (κ2) is 7.25. The lowest BCUT2D eigenvalue weighted by Crippen LogP contribution is -2.35. The third-order valence-corrected chi connectivity index (χ3v) is 3.01. The van der Waals surface area contributed by atoms with E-state index in [9.17, 15) is 4.79 Å². The van der Waals surface area contributed by atoms with Gasteiger partial charge in [-0.05, 0) is 31.2 Å². The molecule has 2 N–H and O–H groups in total. The molecule has 0 saturated carbocycles. The Hall–Kier alpha value is -2.84. The quantitative estimate of drug-likeness (QED) is 0.888. The van der Waals surface area contributed by atoms with E-state index in [0.29, 0.717) is 22.6 Å². The van der Waals surface area contributed by atoms with Gasteiger partial charge in [0, 0.05) is 6.04 Å². The molecule has 0 spiro atoms. The summed E-state index contributed by atoms with van der Waals surface area (Å²) in [6.07, 6.45) is 0. The molecule has 2 aromatic rings. The van der Waals surface area contributed by atoms with Crippen molar-refractivity contribution in [3.8, 4) is 17.6 Å². The van der Waals surface area contributed by atoms with Gasteiger partial charge in [0.1, 0.15) is 17.6 Å². The van der Waals surface area contributed by atoms with Crippen LogP contribution in [-0.2, 0) is 0 Å². The van der Waals surface area contributed by atoms with Crippen molar-refractivity contribution in [3.05, 3.63) is 59.7 Å². The molecule has 1 amide bonds. The van der Waals surface area contributed by atoms with Gasteiger partial charge in [0.25, 0.3) is 5.91 Å². The molecule has 5 heteroatoms. The summed E-state index contributed by atoms with van der Waals surface area (Å²) in [5.74, 6) is 0.403. The molecule has 0 aromatic heterocycles. The number of carbonyl (C=O) groups excluding carboxylic acids is 1. The van der Waals surface area contributed by atoms with Gasteiger partial charge in [-0.1, -0.05) is 24.3 Å². The van der Waals surface area contributed by atoms with Crippen molar-refractivity contribution < 1.29 is 14.6 Å². The van der Waals surface area contributed by atoms with Crippen LogP contribution in [0, 0.1) is 11.3 Å². The van der Waals surface area contributed by atoms with Gasteiger partial charge in [-0.2, -0.15) is 5.26 Å². The van der Waals surface area contributed by atoms with E-state index in [0.717, 1.165) is 0 Å². The third kappa shape index (κ3) is 3.62. The van der Waals surface area contributed by atoms with E-state index in [1.165, 1.54) is 0 Å². The zero-order chi connectivity index (χ0) is 15.9. The molecule has 0 unspecified atom stereocenters. The number of hydrogen-bond donors (Lipinski definition) is 2. The summed E-state index contributed by atoms with van der Waals surface area (Å²) in [4.78, 5) is 12.2. The number of para-hydroxylation sites is 2. The molecule has 0 radical (unpaired) electrons. The summed E-state index contributed by atoms with van der Waals surface area (Å²) in [5, 5.41) is 20.8. The number of aliphatic hydroxyl groups excluding tert-OH is 1. The van der Waals surface area contributed by atoms with Crippen LogP contribution in [0.5, 0.6) is 11.5 Å². The Bertz CT molecular complexity index is 707. The minimum absolute atomic E-state index is 0.147. The summed E-state index contributed by atoms with van der Waals surface area (Å²) >= 11 is 0. The number of hydrogen-bond acceptors (Lipinski definition) is 4. The van der Waals surface area contributed by atoms with Crippen LogP contribution in [0.3, 0.4) is 0 Å². The van der Waals surface area contributed by atoms with Gasteiger partial charge in [-0.25, -0.2) is 0 Å². The van der Waals surface area contributed by atoms with Crippen LogP contribution >= 0.6 is 0 Å². The number of nitrogens with zero attached hydrogens (tertiary/aromatic N) is 1. The van der Waals surface area contributed by atoms with Gasteiger partial charge < -0.3 is 15.2 Å². The average Bonchev–Trinajstić information content (AvgIpc) is 2.55. The lowest BCUT2D eigenvalue weighted by molar-refractivity contribution is 0.0920. The molecule has 0 fully saturated rings. The van der Waals surface area contributed by atoms with E-state index in [-0.39, 0.29) is 18.6 Å². The van der Waals surface area contributed by atoms with Crippen molar-refractivity contribution in [2.75, 3.05) is 6.61 Å². The maximum atomic E-state index is 12.2. The molecule has 0 heterocycles. The molecule has 0 bridgehead atoms. The maximum Gasteiger partial charge on any atom is 0.255 e. The SMILES string of the molecule is C[C@H](CO)NC(=O)c1ccccc1Oc1ccccc1C#N. The van der Waals surface area contributed by atoms with E-state index in [1.807, 2.05) is 6.07 Å². The van der Waals surface area contributed by atoms with Crippen molar-refractivity contribution in [3.63, 3.8) is 0 Å². The van der Waals surface area contributed by atoms with Gasteiger partial charge >= 0.3 is 0 Å². The first-order valence-electron chi connectivity index (χ1n) is 6.83. The predicted octanol–water partition coefficient (Wildman–Crippen LogP) is 2.46. The molecular weight excluding hydrogens is 280 g/mol. The fraction of sp³-hybridized carbons (Fsp3) is 0.176. The molecule has 2 aromatic carbocycles. The Balaban J connectivity index is 2.29. The lowest BCUT2D eigenvalue weighted by Gasteiger charge is -2.14. The monoisotopic (exact) mass is 296 g/mol. The van der Waals surface area contributed by atoms with E-state index in [2.05, 4.69) is 5.32 Å². The van der Waals surface area contributed by atoms with Crippen LogP contribution in [0.25, 0.3) is 0 Å². The molecule has 0 saturated heterocycles. The number of carbonyl (C=O) groups is 1. The van der Waals surface area contributed by atoms with Crippen LogP contribution in [0.2, 0.25) is 0 Å². The number of rotatable bonds is 5. The minimum Gasteiger partial charge on any atom is -0.455 e. The van der Waals surface area contributed by atoms with Gasteiger partial charge in [0.05, 0.1) is 17.7 Å². The normalized spacial score (nSPS) is 11.3. The number of nitrogens with one attached hydrogen (secondary N) is 1. The van der Waals surface area contributed by atoms with Crippen molar-refractivity contribution in [1.29, 1.82) is 5.26 Å². The molecule has 2 rings (SSSR count). The summed E-state index contributed by atoms with van der Waals surface area (Å²) in [6.45, 7) is 1.55. The van der Waals surface area contributed by atoms with Crippen LogP contribution in [0.1, 0.15) is 22.8 Å². The summed E-state index contributed by atoms with van der Waals surface area (Å²) in [7, 11) is 0. The highest BCUT2D eigenvalue weighted by molar-refractivity contribution is 5.97. The number of aliphatic hydroxyl groups is 1. The molecule has 1 atom stereocenters. The van der Waals surface area contributed by atoms with Gasteiger partial charge in [0.2, 0.25) is 0 Å². The standard InChI is InChI=1S/C17H16N2O3/c1-12(11-20)19-17(21)14-7-3-5-9-16(14)22-15-8-4-2-6-13(15)10-18/h2-9,12,20H,11H2,1H3,(H,19,21)/t12-/m1/s1. The zero-order valence-electron chi connectivity index (χ0n) is 12.1. The van der Waals surface area contributed by atoms with Crippen molar-refractivity contribution >= 4 is 5.91 Å². The largest absolute Gasteiger partial charge is 0.455 e. The highest BCUT2D eigenvalue weighted by Crippen LogP contribution is 2.27. The molecule has 0 aliphatic heterocycles. The van der Waals surface area contributed by atoms with Gasteiger partial charge in [-0.15, -0.1) is 0 Å². The Kier molecular flexibility index (Phi) is 5.12. The van der Waals surface area contributed by atoms with E-state index in [1.54, 1.807) is 55.5 Å². The number of ether oxygens (including phenoxy) is 1. The lowest BCUT2D eigenvalue weighted by atomic mass is 10.1. The fourth-order valence-corrected chi connectivity index (χ4v) is 1.86. The highest BCUT2D eigenvalue weighted by atomic mass is 16.5. The first-order chi connectivity index (χ1) is 10.7. The molecule has 0 aliphatic carbocycles. The molecular formula is C17H16N2O3. The van der Waals surface area contributed by atoms with Crippen molar-refractivity contribution in [2.24, 2.45) is 0 Å². The number of nitriles is 1. The summed E-state index contributed by atoms with van der Waals surface area (Å²) in [6, 6.07) is 15.3. The predicted molar refractivity (Wildman–Crippen MR) is 81.7 cm³/mol. The smallest absolute Gasteiger partial charge is 0.255 e. The topological polar surface area (TPSA) is 82.3 Å². The summed E-state index contributed by atoms with van der Waals surface area (Å²) in [5.41, 5.74) is 0.733. The molecule has 0 aliphatic rings. The Morgan fingerprint density at radius 1 is 1.23 bits per heavy atom. The molecule has 22 heavy (non-hydrogen) atoms. The highest BCUT2D eigenvalue weighted by Gasteiger charge is 2.15. The minimum atomic E-state index is -0.355. The van der Waals surface area contributed by atoms with Crippen LogP contribution in [0.4, 0.5) is 0 Å². The summed E-state index contributed by atoms with van der Waals surface area (Å²) < 4.78 is 5.72. The second-order valence-electron chi connectivity index (χ2n) is 4.76. The first kappa shape index (κ1) is 15.5. The maximum absolute atomic E-state index is 12.2. The van der Waals surface area contributed by atoms with Crippen LogP contribution in [-0.4, -0.2) is 23.7 Å². The van der Waals surface area contributed by atoms with Crippen molar-refractivity contribution in [1.82, 2.24) is 5.32 Å². The van der Waals surface area contributed by atoms with E-state index < -0.39 is 0 Å². The zero-order valence-corrected chi connectivity index (χ0v) is 12.1. The first-order valence-corrected chi connectivity index (χ1v) is 6.83. The number of amides is 1. The molecule has 112 valence electrons. The Morgan fingerprint density at radius 2 is 1.86 bits per heavy atom. The second-order valence-corrected chi connectivity index (χ2v) is 4.76. The van der Waals surface area contributed by atoms with Crippen LogP contribution < -0.4 is 10.1 Å². The van der Waals surface area contributed by atoms with Crippen molar-refractivity contribution in [2.45, 2.75) is 13.0 Å². The number of benzene rings is 2. The fourth-order valence-electron chi connectivity index (χ4n) is 1.86. The van der Waals surface area contributed by atoms with Gasteiger partial charge in [0.15, 0.2) is 0 Å². The van der Waals surface area contributed by atoms with E-state index in [4.69, 9.17) is 15.1 Å². The third-order valence-electron chi connectivity index (χ3n) is 3.01. The Morgan fingerprint density at radius 3 is 2.55 bits per heavy atom. The van der Waals surface area contributed by atoms with Gasteiger partial charge in [-0.3, -0.25) is 4.79 Å². The van der Waals surface area contributed by atoms with E-state index >= 15 is 0 Å². The average molecular weight is 296 g/mol. The Labute approximate surface area is 128 Å². The van der Waals surface area contributed by atoms with Crippen LogP contribution in [0.15, 0.2) is 48.5 Å².